The molecule has 1 aromatic rings. The molecule has 1 saturated heterocycles. The van der Waals surface area contributed by atoms with Crippen LogP contribution in [0.4, 0.5) is 15.8 Å². The molecule has 108 valence electrons. The molecule has 0 radical (unpaired) electrons. The van der Waals surface area contributed by atoms with Gasteiger partial charge in [-0.05, 0) is 31.5 Å². The third-order valence-electron chi connectivity index (χ3n) is 3.80. The molecule has 20 heavy (non-hydrogen) atoms. The molecule has 7 heteroatoms. The summed E-state index contributed by atoms with van der Waals surface area (Å²) in [6, 6.07) is 3.35. The molecule has 2 N–H and O–H groups in total. The Kier molecular flexibility index (Phi) is 3.99. The fraction of sp³-hybridized carbons (Fsp3) is 0.462. The van der Waals surface area contributed by atoms with E-state index in [4.69, 9.17) is 0 Å². The minimum absolute atomic E-state index is 0.189. The summed E-state index contributed by atoms with van der Waals surface area (Å²) in [5.74, 6) is -1.10. The molecule has 0 aliphatic carbocycles. The molecule has 1 unspecified atom stereocenters. The van der Waals surface area contributed by atoms with Crippen molar-refractivity contribution in [2.45, 2.75) is 19.8 Å². The zero-order valence-electron chi connectivity index (χ0n) is 11.1. The maximum Gasteiger partial charge on any atom is 0.306 e. The van der Waals surface area contributed by atoms with Crippen molar-refractivity contribution >= 4 is 17.3 Å². The number of nitro benzene ring substituents is 1. The van der Waals surface area contributed by atoms with Gasteiger partial charge in [-0.3, -0.25) is 14.9 Å². The van der Waals surface area contributed by atoms with Gasteiger partial charge in [0.25, 0.3) is 0 Å². The van der Waals surface area contributed by atoms with Crippen LogP contribution in [-0.2, 0) is 4.79 Å². The smallest absolute Gasteiger partial charge is 0.306 e. The van der Waals surface area contributed by atoms with E-state index in [9.17, 15) is 19.3 Å². The second-order valence-electron chi connectivity index (χ2n) is 4.94. The SMILES string of the molecule is CCC1(C(=O)Nc2ccc(F)c([N+](=O)[O-])c2)CCNC1. The minimum Gasteiger partial charge on any atom is -0.325 e. The summed E-state index contributed by atoms with van der Waals surface area (Å²) >= 11 is 0. The first kappa shape index (κ1) is 14.4. The van der Waals surface area contributed by atoms with Crippen molar-refractivity contribution in [2.24, 2.45) is 5.41 Å². The maximum absolute atomic E-state index is 13.2. The molecule has 1 aliphatic rings. The van der Waals surface area contributed by atoms with Gasteiger partial charge in [-0.1, -0.05) is 6.92 Å². The number of rotatable bonds is 4. The van der Waals surface area contributed by atoms with E-state index in [1.165, 1.54) is 6.07 Å². The number of halogens is 1. The first-order valence-corrected chi connectivity index (χ1v) is 6.44. The van der Waals surface area contributed by atoms with Crippen molar-refractivity contribution in [3.63, 3.8) is 0 Å². The maximum atomic E-state index is 13.2. The highest BCUT2D eigenvalue weighted by atomic mass is 19.1. The van der Waals surface area contributed by atoms with E-state index < -0.39 is 21.8 Å². The monoisotopic (exact) mass is 281 g/mol. The van der Waals surface area contributed by atoms with E-state index in [2.05, 4.69) is 10.6 Å². The zero-order valence-corrected chi connectivity index (χ0v) is 11.1. The fourth-order valence-electron chi connectivity index (χ4n) is 2.39. The molecule has 1 fully saturated rings. The van der Waals surface area contributed by atoms with Crippen LogP contribution in [0.5, 0.6) is 0 Å². The summed E-state index contributed by atoms with van der Waals surface area (Å²) < 4.78 is 13.2. The molecular formula is C13H16FN3O3. The molecule has 0 spiro atoms. The summed E-state index contributed by atoms with van der Waals surface area (Å²) in [5, 5.41) is 16.5. The van der Waals surface area contributed by atoms with Crippen LogP contribution in [0, 0.1) is 21.3 Å². The van der Waals surface area contributed by atoms with E-state index in [0.717, 1.165) is 25.1 Å². The summed E-state index contributed by atoms with van der Waals surface area (Å²) in [4.78, 5) is 22.2. The predicted octanol–water partition coefficient (Wildman–Crippen LogP) is 2.06. The van der Waals surface area contributed by atoms with Crippen molar-refractivity contribution in [2.75, 3.05) is 18.4 Å². The molecule has 1 aromatic carbocycles. The third kappa shape index (κ3) is 2.62. The largest absolute Gasteiger partial charge is 0.325 e. The first-order chi connectivity index (χ1) is 9.48. The first-order valence-electron chi connectivity index (χ1n) is 6.44. The van der Waals surface area contributed by atoms with E-state index in [0.29, 0.717) is 13.0 Å². The normalized spacial score (nSPS) is 21.7. The molecule has 0 aromatic heterocycles. The predicted molar refractivity (Wildman–Crippen MR) is 71.9 cm³/mol. The highest BCUT2D eigenvalue weighted by Crippen LogP contribution is 2.31. The molecule has 1 amide bonds. The average Bonchev–Trinajstić information content (AvgIpc) is 2.90. The highest BCUT2D eigenvalue weighted by Gasteiger charge is 2.39. The van der Waals surface area contributed by atoms with Crippen LogP contribution in [0.2, 0.25) is 0 Å². The van der Waals surface area contributed by atoms with Crippen LogP contribution < -0.4 is 10.6 Å². The average molecular weight is 281 g/mol. The zero-order chi connectivity index (χ0) is 14.8. The van der Waals surface area contributed by atoms with E-state index in [1.807, 2.05) is 6.92 Å². The van der Waals surface area contributed by atoms with Gasteiger partial charge in [0.2, 0.25) is 11.7 Å². The van der Waals surface area contributed by atoms with Crippen LogP contribution in [0.25, 0.3) is 0 Å². The van der Waals surface area contributed by atoms with Gasteiger partial charge in [0.1, 0.15) is 0 Å². The number of nitrogens with one attached hydrogen (secondary N) is 2. The molecule has 1 aliphatic heterocycles. The summed E-state index contributed by atoms with van der Waals surface area (Å²) in [6.07, 6.45) is 1.40. The lowest BCUT2D eigenvalue weighted by Gasteiger charge is -2.25. The summed E-state index contributed by atoms with van der Waals surface area (Å²) in [5.41, 5.74) is -0.899. The topological polar surface area (TPSA) is 84.3 Å². The van der Waals surface area contributed by atoms with Crippen molar-refractivity contribution < 1.29 is 14.1 Å². The van der Waals surface area contributed by atoms with Gasteiger partial charge < -0.3 is 10.6 Å². The molecule has 1 heterocycles. The Balaban J connectivity index is 2.19. The second kappa shape index (κ2) is 5.54. The second-order valence-corrected chi connectivity index (χ2v) is 4.94. The van der Waals surface area contributed by atoms with Gasteiger partial charge >= 0.3 is 5.69 Å². The highest BCUT2D eigenvalue weighted by molar-refractivity contribution is 5.96. The number of nitro groups is 1. The third-order valence-corrected chi connectivity index (χ3v) is 3.80. The molecule has 0 bridgehead atoms. The number of carbonyl (C=O) groups excluding carboxylic acids is 1. The fourth-order valence-corrected chi connectivity index (χ4v) is 2.39. The Hall–Kier alpha value is -2.02. The lowest BCUT2D eigenvalue weighted by molar-refractivity contribution is -0.387. The lowest BCUT2D eigenvalue weighted by atomic mass is 9.83. The molecule has 0 saturated carbocycles. The number of carbonyl (C=O) groups is 1. The van der Waals surface area contributed by atoms with Gasteiger partial charge in [0.15, 0.2) is 0 Å². The quantitative estimate of drug-likeness (QED) is 0.653. The van der Waals surface area contributed by atoms with Crippen LogP contribution in [0.1, 0.15) is 19.8 Å². The minimum atomic E-state index is -0.916. The Morgan fingerprint density at radius 2 is 2.35 bits per heavy atom. The van der Waals surface area contributed by atoms with Gasteiger partial charge in [0, 0.05) is 18.3 Å². The number of anilines is 1. The Morgan fingerprint density at radius 1 is 1.60 bits per heavy atom. The molecule has 6 nitrogen and oxygen atoms in total. The van der Waals surface area contributed by atoms with E-state index in [-0.39, 0.29) is 11.6 Å². The number of hydrogen-bond donors (Lipinski definition) is 2. The van der Waals surface area contributed by atoms with Crippen LogP contribution in [0.3, 0.4) is 0 Å². The van der Waals surface area contributed by atoms with Gasteiger partial charge in [-0.15, -0.1) is 0 Å². The standard InChI is InChI=1S/C13H16FN3O3/c1-2-13(5-6-15-8-13)12(18)16-9-3-4-10(14)11(7-9)17(19)20/h3-4,7,15H,2,5-6,8H2,1H3,(H,16,18). The number of nitrogens with zero attached hydrogens (tertiary/aromatic N) is 1. The van der Waals surface area contributed by atoms with Crippen LogP contribution in [0.15, 0.2) is 18.2 Å². The van der Waals surface area contributed by atoms with Crippen molar-refractivity contribution in [3.05, 3.63) is 34.1 Å². The number of benzene rings is 1. The van der Waals surface area contributed by atoms with Crippen LogP contribution in [-0.4, -0.2) is 23.9 Å². The van der Waals surface area contributed by atoms with Crippen LogP contribution >= 0.6 is 0 Å². The van der Waals surface area contributed by atoms with Crippen molar-refractivity contribution in [1.29, 1.82) is 0 Å². The summed E-state index contributed by atoms with van der Waals surface area (Å²) in [6.45, 7) is 3.28. The van der Waals surface area contributed by atoms with Gasteiger partial charge in [-0.25, -0.2) is 0 Å². The molecular weight excluding hydrogens is 265 g/mol. The van der Waals surface area contributed by atoms with Crippen molar-refractivity contribution in [3.8, 4) is 0 Å². The number of hydrogen-bond acceptors (Lipinski definition) is 4. The number of amides is 1. The van der Waals surface area contributed by atoms with E-state index >= 15 is 0 Å². The summed E-state index contributed by atoms with van der Waals surface area (Å²) in [7, 11) is 0. The Bertz CT molecular complexity index is 542. The Morgan fingerprint density at radius 3 is 2.90 bits per heavy atom. The van der Waals surface area contributed by atoms with Gasteiger partial charge in [-0.2, -0.15) is 4.39 Å². The van der Waals surface area contributed by atoms with Gasteiger partial charge in [0.05, 0.1) is 10.3 Å². The Labute approximate surface area is 115 Å². The molecule has 2 rings (SSSR count). The lowest BCUT2D eigenvalue weighted by Crippen LogP contribution is -2.37. The van der Waals surface area contributed by atoms with E-state index in [1.54, 1.807) is 0 Å². The molecule has 1 atom stereocenters. The van der Waals surface area contributed by atoms with Crippen molar-refractivity contribution in [1.82, 2.24) is 5.32 Å².